The Kier molecular flexibility index (Phi) is 6.41. The quantitative estimate of drug-likeness (QED) is 0.721. The summed E-state index contributed by atoms with van der Waals surface area (Å²) in [5.41, 5.74) is 0.950. The van der Waals surface area contributed by atoms with Crippen molar-refractivity contribution in [3.05, 3.63) is 59.9 Å². The average molecular weight is 433 g/mol. The van der Waals surface area contributed by atoms with Gasteiger partial charge in [0.15, 0.2) is 11.6 Å². The lowest BCUT2D eigenvalue weighted by molar-refractivity contribution is 0.0568. The summed E-state index contributed by atoms with van der Waals surface area (Å²) >= 11 is 0. The van der Waals surface area contributed by atoms with Gasteiger partial charge >= 0.3 is 0 Å². The number of likely N-dealkylation sites (tertiary alicyclic amines) is 1. The molecule has 2 aliphatic heterocycles. The Labute approximate surface area is 178 Å². The number of rotatable bonds is 5. The highest BCUT2D eigenvalue weighted by Crippen LogP contribution is 2.27. The second-order valence-electron chi connectivity index (χ2n) is 8.24. The van der Waals surface area contributed by atoms with Crippen LogP contribution in [0.3, 0.4) is 0 Å². The fourth-order valence-electron chi connectivity index (χ4n) is 4.45. The molecule has 0 bridgehead atoms. The van der Waals surface area contributed by atoms with E-state index in [1.165, 1.54) is 6.07 Å². The number of benzene rings is 2. The Hall–Kier alpha value is -1.96. The van der Waals surface area contributed by atoms with E-state index in [1.54, 1.807) is 40.7 Å². The molecular weight excluding hydrogens is 403 g/mol. The van der Waals surface area contributed by atoms with Gasteiger partial charge in [-0.05, 0) is 62.4 Å². The van der Waals surface area contributed by atoms with E-state index in [4.69, 9.17) is 4.74 Å². The van der Waals surface area contributed by atoms with Gasteiger partial charge in [-0.2, -0.15) is 4.31 Å². The largest absolute Gasteiger partial charge is 0.487 e. The highest BCUT2D eigenvalue weighted by atomic mass is 32.2. The van der Waals surface area contributed by atoms with Crippen molar-refractivity contribution in [3.8, 4) is 5.75 Å². The fraction of sp³-hybridized carbons (Fsp3) is 0.478. The van der Waals surface area contributed by atoms with E-state index < -0.39 is 10.0 Å². The Morgan fingerprint density at radius 1 is 0.933 bits per heavy atom. The molecular formula is C23H29FN2O3S. The lowest BCUT2D eigenvalue weighted by Crippen LogP contribution is -2.50. The predicted octanol–water partition coefficient (Wildman–Crippen LogP) is 3.83. The SMILES string of the molecule is Cc1cccc(S(=O)(=O)N2CCC(N3CCC(Oc4ccccc4F)CC3)CC2)c1. The van der Waals surface area contributed by atoms with Crippen LogP contribution in [0, 0.1) is 12.7 Å². The molecule has 0 saturated carbocycles. The molecule has 5 nitrogen and oxygen atoms in total. The minimum absolute atomic E-state index is 0.0277. The van der Waals surface area contributed by atoms with Crippen LogP contribution in [0.5, 0.6) is 5.75 Å². The minimum Gasteiger partial charge on any atom is -0.487 e. The molecule has 2 aromatic carbocycles. The summed E-state index contributed by atoms with van der Waals surface area (Å²) in [6.45, 7) is 4.80. The Morgan fingerprint density at radius 2 is 1.63 bits per heavy atom. The maximum absolute atomic E-state index is 13.8. The highest BCUT2D eigenvalue weighted by Gasteiger charge is 2.33. The first-order valence-corrected chi connectivity index (χ1v) is 12.1. The molecule has 0 atom stereocenters. The molecule has 7 heteroatoms. The third kappa shape index (κ3) is 4.68. The number of para-hydroxylation sites is 1. The van der Waals surface area contributed by atoms with Crippen LogP contribution in [0.1, 0.15) is 31.2 Å². The fourth-order valence-corrected chi connectivity index (χ4v) is 6.03. The molecule has 0 aromatic heterocycles. The normalized spacial score (nSPS) is 20.3. The third-order valence-electron chi connectivity index (χ3n) is 6.17. The van der Waals surface area contributed by atoms with Crippen LogP contribution in [0.25, 0.3) is 0 Å². The maximum Gasteiger partial charge on any atom is 0.243 e. The summed E-state index contributed by atoms with van der Waals surface area (Å²) < 4.78 is 47.1. The van der Waals surface area contributed by atoms with Gasteiger partial charge in [-0.15, -0.1) is 0 Å². The standard InChI is InChI=1S/C23H29FN2O3S/c1-18-5-4-6-21(17-18)30(27,28)26-15-9-19(10-16-26)25-13-11-20(12-14-25)29-23-8-3-2-7-22(23)24/h2-8,17,19-20H,9-16H2,1H3. The van der Waals surface area contributed by atoms with Crippen LogP contribution in [-0.4, -0.2) is 55.9 Å². The third-order valence-corrected chi connectivity index (χ3v) is 8.07. The lowest BCUT2D eigenvalue weighted by Gasteiger charge is -2.41. The number of aryl methyl sites for hydroxylation is 1. The first-order valence-electron chi connectivity index (χ1n) is 10.7. The average Bonchev–Trinajstić information content (AvgIpc) is 2.76. The van der Waals surface area contributed by atoms with Gasteiger partial charge in [0.05, 0.1) is 4.90 Å². The molecule has 0 radical (unpaired) electrons. The molecule has 4 rings (SSSR count). The number of hydrogen-bond acceptors (Lipinski definition) is 4. The summed E-state index contributed by atoms with van der Waals surface area (Å²) in [6.07, 6.45) is 3.42. The van der Waals surface area contributed by atoms with E-state index >= 15 is 0 Å². The topological polar surface area (TPSA) is 49.9 Å². The Balaban J connectivity index is 1.28. The van der Waals surface area contributed by atoms with Crippen molar-refractivity contribution in [2.24, 2.45) is 0 Å². The smallest absolute Gasteiger partial charge is 0.243 e. The number of halogens is 1. The molecule has 2 aliphatic rings. The highest BCUT2D eigenvalue weighted by molar-refractivity contribution is 7.89. The molecule has 0 spiro atoms. The van der Waals surface area contributed by atoms with Crippen molar-refractivity contribution in [3.63, 3.8) is 0 Å². The van der Waals surface area contributed by atoms with E-state index in [2.05, 4.69) is 4.90 Å². The van der Waals surface area contributed by atoms with E-state index in [9.17, 15) is 12.8 Å². The van der Waals surface area contributed by atoms with Crippen LogP contribution in [-0.2, 0) is 10.0 Å². The van der Waals surface area contributed by atoms with Crippen molar-refractivity contribution < 1.29 is 17.5 Å². The van der Waals surface area contributed by atoms with Crippen molar-refractivity contribution in [2.45, 2.75) is 49.6 Å². The molecule has 0 N–H and O–H groups in total. The lowest BCUT2D eigenvalue weighted by atomic mass is 10.00. The molecule has 2 saturated heterocycles. The van der Waals surface area contributed by atoms with Crippen LogP contribution < -0.4 is 4.74 Å². The molecule has 2 aromatic rings. The van der Waals surface area contributed by atoms with Gasteiger partial charge in [0.25, 0.3) is 0 Å². The maximum atomic E-state index is 13.8. The number of hydrogen-bond donors (Lipinski definition) is 0. The summed E-state index contributed by atoms with van der Waals surface area (Å²) in [5.74, 6) is 0.00716. The van der Waals surface area contributed by atoms with Gasteiger partial charge in [-0.3, -0.25) is 0 Å². The van der Waals surface area contributed by atoms with E-state index in [1.807, 2.05) is 13.0 Å². The zero-order valence-electron chi connectivity index (χ0n) is 17.3. The zero-order chi connectivity index (χ0) is 21.1. The van der Waals surface area contributed by atoms with Crippen LogP contribution in [0.2, 0.25) is 0 Å². The number of piperidine rings is 2. The van der Waals surface area contributed by atoms with Gasteiger partial charge < -0.3 is 9.64 Å². The Bertz CT molecular complexity index is 966. The van der Waals surface area contributed by atoms with Gasteiger partial charge in [0.1, 0.15) is 6.10 Å². The molecule has 2 heterocycles. The molecule has 0 aliphatic carbocycles. The molecule has 162 valence electrons. The second kappa shape index (κ2) is 9.04. The van der Waals surface area contributed by atoms with Gasteiger partial charge in [-0.25, -0.2) is 12.8 Å². The van der Waals surface area contributed by atoms with E-state index in [0.29, 0.717) is 29.8 Å². The van der Waals surface area contributed by atoms with Crippen molar-refractivity contribution >= 4 is 10.0 Å². The van der Waals surface area contributed by atoms with Crippen molar-refractivity contribution in [1.29, 1.82) is 0 Å². The van der Waals surface area contributed by atoms with Crippen molar-refractivity contribution in [1.82, 2.24) is 9.21 Å². The van der Waals surface area contributed by atoms with Crippen LogP contribution in [0.4, 0.5) is 4.39 Å². The molecule has 0 amide bonds. The number of nitrogens with zero attached hydrogens (tertiary/aromatic N) is 2. The van der Waals surface area contributed by atoms with Crippen molar-refractivity contribution in [2.75, 3.05) is 26.2 Å². The van der Waals surface area contributed by atoms with Gasteiger partial charge in [0.2, 0.25) is 10.0 Å². The monoisotopic (exact) mass is 432 g/mol. The van der Waals surface area contributed by atoms with Crippen LogP contribution in [0.15, 0.2) is 53.4 Å². The van der Waals surface area contributed by atoms with Gasteiger partial charge in [0, 0.05) is 32.2 Å². The van der Waals surface area contributed by atoms with Crippen LogP contribution >= 0.6 is 0 Å². The molecule has 0 unspecified atom stereocenters. The summed E-state index contributed by atoms with van der Waals surface area (Å²) in [5, 5.41) is 0. The zero-order valence-corrected chi connectivity index (χ0v) is 18.2. The second-order valence-corrected chi connectivity index (χ2v) is 10.2. The Morgan fingerprint density at radius 3 is 2.30 bits per heavy atom. The first-order chi connectivity index (χ1) is 14.4. The first kappa shape index (κ1) is 21.3. The molecule has 2 fully saturated rings. The predicted molar refractivity (Wildman–Crippen MR) is 115 cm³/mol. The number of ether oxygens (including phenoxy) is 1. The molecule has 30 heavy (non-hydrogen) atoms. The summed E-state index contributed by atoms with van der Waals surface area (Å²) in [6, 6.07) is 14.0. The summed E-state index contributed by atoms with van der Waals surface area (Å²) in [7, 11) is -3.43. The van der Waals surface area contributed by atoms with E-state index in [0.717, 1.165) is 44.3 Å². The van der Waals surface area contributed by atoms with E-state index in [-0.39, 0.29) is 11.9 Å². The number of sulfonamides is 1. The van der Waals surface area contributed by atoms with Gasteiger partial charge in [-0.1, -0.05) is 24.3 Å². The summed E-state index contributed by atoms with van der Waals surface area (Å²) in [4.78, 5) is 2.82. The minimum atomic E-state index is -3.43.